The van der Waals surface area contributed by atoms with Crippen LogP contribution in [0, 0.1) is 0 Å². The van der Waals surface area contributed by atoms with Crippen LogP contribution in [0.15, 0.2) is 42.9 Å². The van der Waals surface area contributed by atoms with Gasteiger partial charge in [-0.2, -0.15) is 0 Å². The summed E-state index contributed by atoms with van der Waals surface area (Å²) in [6.07, 6.45) is 3.49. The molecule has 3 nitrogen and oxygen atoms in total. The van der Waals surface area contributed by atoms with Crippen LogP contribution in [0.2, 0.25) is 0 Å². The number of aromatic nitrogens is 2. The van der Waals surface area contributed by atoms with E-state index < -0.39 is 0 Å². The molecule has 0 atom stereocenters. The summed E-state index contributed by atoms with van der Waals surface area (Å²) >= 11 is 0. The molecule has 2 aromatic rings. The minimum atomic E-state index is 0.199. The maximum atomic E-state index is 5.57. The highest BCUT2D eigenvalue weighted by atomic mass is 16.5. The van der Waals surface area contributed by atoms with Gasteiger partial charge in [-0.3, -0.25) is 0 Å². The first kappa shape index (κ1) is 10.6. The molecule has 1 heterocycles. The first-order valence-electron chi connectivity index (χ1n) is 5.29. The van der Waals surface area contributed by atoms with Gasteiger partial charge in [0.05, 0.1) is 11.8 Å². The van der Waals surface area contributed by atoms with E-state index in [0.29, 0.717) is 0 Å². The molecule has 0 fully saturated rings. The fraction of sp³-hybridized carbons (Fsp3) is 0.231. The lowest BCUT2D eigenvalue weighted by atomic mass is 10.1. The van der Waals surface area contributed by atoms with Gasteiger partial charge in [0.15, 0.2) is 0 Å². The van der Waals surface area contributed by atoms with Crippen molar-refractivity contribution in [3.63, 3.8) is 0 Å². The maximum absolute atomic E-state index is 5.57. The third kappa shape index (κ3) is 2.57. The van der Waals surface area contributed by atoms with Gasteiger partial charge in [0.2, 0.25) is 0 Å². The van der Waals surface area contributed by atoms with Crippen LogP contribution in [0.1, 0.15) is 13.8 Å². The Morgan fingerprint density at radius 2 is 1.81 bits per heavy atom. The molecule has 16 heavy (non-hydrogen) atoms. The average molecular weight is 214 g/mol. The molecule has 0 aliphatic heterocycles. The van der Waals surface area contributed by atoms with Crippen LogP contribution >= 0.6 is 0 Å². The highest BCUT2D eigenvalue weighted by Gasteiger charge is 2.00. The van der Waals surface area contributed by atoms with Crippen molar-refractivity contribution in [2.24, 2.45) is 0 Å². The topological polar surface area (TPSA) is 35.0 Å². The zero-order valence-corrected chi connectivity index (χ0v) is 9.42. The number of hydrogen-bond acceptors (Lipinski definition) is 3. The van der Waals surface area contributed by atoms with Gasteiger partial charge in [0, 0.05) is 11.8 Å². The van der Waals surface area contributed by atoms with Gasteiger partial charge >= 0.3 is 0 Å². The van der Waals surface area contributed by atoms with Crippen LogP contribution in [0.25, 0.3) is 11.3 Å². The van der Waals surface area contributed by atoms with Gasteiger partial charge in [0.25, 0.3) is 0 Å². The van der Waals surface area contributed by atoms with Gasteiger partial charge < -0.3 is 4.74 Å². The van der Waals surface area contributed by atoms with E-state index in [-0.39, 0.29) is 6.10 Å². The summed E-state index contributed by atoms with van der Waals surface area (Å²) < 4.78 is 5.57. The third-order valence-corrected chi connectivity index (χ3v) is 2.10. The van der Waals surface area contributed by atoms with Crippen LogP contribution in [0.3, 0.4) is 0 Å². The summed E-state index contributed by atoms with van der Waals surface area (Å²) in [5.41, 5.74) is 1.99. The Balaban J connectivity index is 2.20. The molecular weight excluding hydrogens is 200 g/mol. The fourth-order valence-corrected chi connectivity index (χ4v) is 1.44. The largest absolute Gasteiger partial charge is 0.491 e. The molecule has 1 aromatic heterocycles. The minimum Gasteiger partial charge on any atom is -0.491 e. The van der Waals surface area contributed by atoms with E-state index >= 15 is 0 Å². The van der Waals surface area contributed by atoms with Gasteiger partial charge in [-0.1, -0.05) is 0 Å². The molecule has 1 aromatic carbocycles. The van der Waals surface area contributed by atoms with Gasteiger partial charge in [-0.25, -0.2) is 9.97 Å². The zero-order chi connectivity index (χ0) is 11.4. The van der Waals surface area contributed by atoms with Crippen LogP contribution in [0.4, 0.5) is 0 Å². The monoisotopic (exact) mass is 214 g/mol. The van der Waals surface area contributed by atoms with Crippen molar-refractivity contribution < 1.29 is 4.74 Å². The van der Waals surface area contributed by atoms with E-state index in [1.54, 1.807) is 12.5 Å². The second kappa shape index (κ2) is 4.75. The Labute approximate surface area is 95.1 Å². The molecule has 2 rings (SSSR count). The van der Waals surface area contributed by atoms with E-state index in [2.05, 4.69) is 9.97 Å². The van der Waals surface area contributed by atoms with Crippen LogP contribution in [-0.4, -0.2) is 16.1 Å². The average Bonchev–Trinajstić information content (AvgIpc) is 2.30. The highest BCUT2D eigenvalue weighted by molar-refractivity contribution is 5.59. The van der Waals surface area contributed by atoms with E-state index in [9.17, 15) is 0 Å². The van der Waals surface area contributed by atoms with Gasteiger partial charge in [-0.15, -0.1) is 0 Å². The first-order valence-corrected chi connectivity index (χ1v) is 5.29. The maximum Gasteiger partial charge on any atom is 0.119 e. The Bertz CT molecular complexity index is 437. The number of nitrogens with zero attached hydrogens (tertiary/aromatic N) is 2. The molecule has 0 aliphatic carbocycles. The van der Waals surface area contributed by atoms with Gasteiger partial charge in [-0.05, 0) is 44.2 Å². The lowest BCUT2D eigenvalue weighted by Crippen LogP contribution is -2.05. The van der Waals surface area contributed by atoms with E-state index in [1.807, 2.05) is 44.2 Å². The molecule has 0 bridgehead atoms. The zero-order valence-electron chi connectivity index (χ0n) is 9.42. The molecule has 0 N–H and O–H groups in total. The van der Waals surface area contributed by atoms with E-state index in [4.69, 9.17) is 4.74 Å². The van der Waals surface area contributed by atoms with Gasteiger partial charge in [0.1, 0.15) is 12.1 Å². The summed E-state index contributed by atoms with van der Waals surface area (Å²) in [7, 11) is 0. The second-order valence-electron chi connectivity index (χ2n) is 3.79. The van der Waals surface area contributed by atoms with Crippen molar-refractivity contribution in [3.05, 3.63) is 42.9 Å². The van der Waals surface area contributed by atoms with Crippen molar-refractivity contribution in [3.8, 4) is 17.0 Å². The lowest BCUT2D eigenvalue weighted by molar-refractivity contribution is 0.242. The summed E-state index contributed by atoms with van der Waals surface area (Å²) in [6.45, 7) is 4.02. The Kier molecular flexibility index (Phi) is 3.15. The Hall–Kier alpha value is -1.90. The molecule has 0 spiro atoms. The van der Waals surface area contributed by atoms with Crippen LogP contribution in [-0.2, 0) is 0 Å². The van der Waals surface area contributed by atoms with Crippen molar-refractivity contribution in [2.45, 2.75) is 20.0 Å². The molecule has 0 saturated carbocycles. The molecule has 0 unspecified atom stereocenters. The summed E-state index contributed by atoms with van der Waals surface area (Å²) in [6, 6.07) is 9.80. The standard InChI is InChI=1S/C13H14N2O/c1-10(2)16-12-5-3-11(4-6-12)13-7-8-14-9-15-13/h3-10H,1-2H3. The van der Waals surface area contributed by atoms with Crippen LogP contribution in [0.5, 0.6) is 5.75 Å². The lowest BCUT2D eigenvalue weighted by Gasteiger charge is -2.09. The van der Waals surface area contributed by atoms with Crippen molar-refractivity contribution >= 4 is 0 Å². The van der Waals surface area contributed by atoms with E-state index in [1.165, 1.54) is 0 Å². The quantitative estimate of drug-likeness (QED) is 0.788. The molecule has 0 radical (unpaired) electrons. The number of ether oxygens (including phenoxy) is 1. The highest BCUT2D eigenvalue weighted by Crippen LogP contribution is 2.20. The smallest absolute Gasteiger partial charge is 0.119 e. The molecule has 0 aliphatic rings. The van der Waals surface area contributed by atoms with Crippen molar-refractivity contribution in [1.82, 2.24) is 9.97 Å². The minimum absolute atomic E-state index is 0.199. The summed E-state index contributed by atoms with van der Waals surface area (Å²) in [5, 5.41) is 0. The van der Waals surface area contributed by atoms with Crippen LogP contribution < -0.4 is 4.74 Å². The SMILES string of the molecule is CC(C)Oc1ccc(-c2ccncn2)cc1. The third-order valence-electron chi connectivity index (χ3n) is 2.10. The summed E-state index contributed by atoms with van der Waals surface area (Å²) in [4.78, 5) is 8.08. The number of rotatable bonds is 3. The predicted molar refractivity (Wildman–Crippen MR) is 63.2 cm³/mol. The Morgan fingerprint density at radius 1 is 1.06 bits per heavy atom. The number of benzene rings is 1. The van der Waals surface area contributed by atoms with E-state index in [0.717, 1.165) is 17.0 Å². The molecule has 82 valence electrons. The fourth-order valence-electron chi connectivity index (χ4n) is 1.44. The molecule has 0 saturated heterocycles. The number of hydrogen-bond donors (Lipinski definition) is 0. The first-order chi connectivity index (χ1) is 7.75. The molecule has 3 heteroatoms. The van der Waals surface area contributed by atoms with Crippen molar-refractivity contribution in [2.75, 3.05) is 0 Å². The second-order valence-corrected chi connectivity index (χ2v) is 3.79. The normalized spacial score (nSPS) is 10.4. The Morgan fingerprint density at radius 3 is 2.38 bits per heavy atom. The van der Waals surface area contributed by atoms with Crippen molar-refractivity contribution in [1.29, 1.82) is 0 Å². The summed E-state index contributed by atoms with van der Waals surface area (Å²) in [5.74, 6) is 0.882. The predicted octanol–water partition coefficient (Wildman–Crippen LogP) is 2.93. The molecule has 0 amide bonds. The molecular formula is C13H14N2O.